The van der Waals surface area contributed by atoms with Crippen LogP contribution in [0.5, 0.6) is 11.5 Å². The minimum atomic E-state index is -1.17. The highest BCUT2D eigenvalue weighted by Gasteiger charge is 2.27. The third-order valence-corrected chi connectivity index (χ3v) is 6.45. The van der Waals surface area contributed by atoms with Gasteiger partial charge in [-0.05, 0) is 49.1 Å². The van der Waals surface area contributed by atoms with Crippen molar-refractivity contribution in [3.8, 4) is 22.9 Å². The molecule has 6 heteroatoms. The molecule has 0 spiro atoms. The van der Waals surface area contributed by atoms with Gasteiger partial charge in [0.1, 0.15) is 22.9 Å². The minimum absolute atomic E-state index is 0.632. The molecule has 2 aromatic heterocycles. The summed E-state index contributed by atoms with van der Waals surface area (Å²) in [5.41, 5.74) is 2.24. The van der Waals surface area contributed by atoms with E-state index in [0.29, 0.717) is 11.5 Å². The maximum absolute atomic E-state index is 11.1. The Morgan fingerprint density at radius 2 is 1.84 bits per heavy atom. The number of aliphatic hydroxyl groups is 1. The number of rotatable bonds is 6. The number of hydrogen-bond donors (Lipinski definition) is 3. The van der Waals surface area contributed by atoms with Gasteiger partial charge in [0.15, 0.2) is 0 Å². The van der Waals surface area contributed by atoms with Crippen molar-refractivity contribution in [3.63, 3.8) is 0 Å². The van der Waals surface area contributed by atoms with E-state index in [0.717, 1.165) is 38.4 Å². The normalized spacial score (nSPS) is 13.2. The Morgan fingerprint density at radius 1 is 1.00 bits per heavy atom. The van der Waals surface area contributed by atoms with Gasteiger partial charge in [-0.15, -0.1) is 11.8 Å². The summed E-state index contributed by atoms with van der Waals surface area (Å²) in [6.45, 7) is 1.76. The van der Waals surface area contributed by atoms with E-state index in [1.165, 1.54) is 0 Å². The number of H-pyrrole nitrogens is 2. The van der Waals surface area contributed by atoms with Crippen LogP contribution in [0.2, 0.25) is 0 Å². The molecule has 160 valence electrons. The molecule has 0 aliphatic carbocycles. The molecule has 5 rings (SSSR count). The van der Waals surface area contributed by atoms with E-state index in [1.54, 1.807) is 24.9 Å². The van der Waals surface area contributed by atoms with Crippen molar-refractivity contribution in [2.24, 2.45) is 0 Å². The zero-order valence-electron chi connectivity index (χ0n) is 17.8. The van der Waals surface area contributed by atoms with E-state index in [1.807, 2.05) is 79.2 Å². The van der Waals surface area contributed by atoms with E-state index in [4.69, 9.17) is 4.74 Å². The number of fused-ring (bicyclic) bond motifs is 1. The molecule has 5 aromatic rings. The standard InChI is InChI=1S/C26H23N3O2S/c1-26(30,18-8-4-3-5-9-18)23-16-28-25(29-23)17-7-6-10-19(15-17)31-22-12-11-21-20(13-14-27-21)24(22)32-2/h3-16,27,30H,1-2H3,(H,28,29). The summed E-state index contributed by atoms with van der Waals surface area (Å²) in [6.07, 6.45) is 5.67. The van der Waals surface area contributed by atoms with Crippen LogP contribution < -0.4 is 4.74 Å². The highest BCUT2D eigenvalue weighted by atomic mass is 32.2. The van der Waals surface area contributed by atoms with Crippen LogP contribution in [-0.2, 0) is 5.60 Å². The maximum atomic E-state index is 11.1. The van der Waals surface area contributed by atoms with E-state index >= 15 is 0 Å². The minimum Gasteiger partial charge on any atom is -0.456 e. The summed E-state index contributed by atoms with van der Waals surface area (Å²) in [5.74, 6) is 2.21. The molecule has 0 amide bonds. The summed E-state index contributed by atoms with van der Waals surface area (Å²) in [6, 6.07) is 23.4. The van der Waals surface area contributed by atoms with Crippen molar-refractivity contribution in [2.75, 3.05) is 6.26 Å². The number of imidazole rings is 1. The fourth-order valence-electron chi connectivity index (χ4n) is 3.84. The van der Waals surface area contributed by atoms with Crippen LogP contribution in [0.25, 0.3) is 22.3 Å². The van der Waals surface area contributed by atoms with Crippen molar-refractivity contribution >= 4 is 22.7 Å². The molecule has 0 saturated carbocycles. The van der Waals surface area contributed by atoms with E-state index in [-0.39, 0.29) is 0 Å². The Kier molecular flexibility index (Phi) is 5.25. The van der Waals surface area contributed by atoms with Crippen LogP contribution in [0.4, 0.5) is 0 Å². The van der Waals surface area contributed by atoms with Crippen LogP contribution in [-0.4, -0.2) is 26.3 Å². The van der Waals surface area contributed by atoms with Gasteiger partial charge in [0.2, 0.25) is 0 Å². The first-order valence-corrected chi connectivity index (χ1v) is 11.5. The topological polar surface area (TPSA) is 73.9 Å². The van der Waals surface area contributed by atoms with Crippen LogP contribution >= 0.6 is 11.8 Å². The lowest BCUT2D eigenvalue weighted by Crippen LogP contribution is -2.23. The Balaban J connectivity index is 1.44. The van der Waals surface area contributed by atoms with Crippen LogP contribution in [0.15, 0.2) is 90.1 Å². The van der Waals surface area contributed by atoms with Gasteiger partial charge < -0.3 is 19.8 Å². The van der Waals surface area contributed by atoms with Gasteiger partial charge in [-0.3, -0.25) is 0 Å². The highest BCUT2D eigenvalue weighted by molar-refractivity contribution is 7.99. The zero-order chi connectivity index (χ0) is 22.1. The maximum Gasteiger partial charge on any atom is 0.141 e. The van der Waals surface area contributed by atoms with Crippen LogP contribution in [0.3, 0.4) is 0 Å². The van der Waals surface area contributed by atoms with Crippen molar-refractivity contribution < 1.29 is 9.84 Å². The fraction of sp³-hybridized carbons (Fsp3) is 0.115. The first-order valence-electron chi connectivity index (χ1n) is 10.3. The molecular formula is C26H23N3O2S. The SMILES string of the molecule is CSc1c(Oc2cccc(-c3ncc(C(C)(O)c4ccccc4)[nH]3)c2)ccc2[nH]ccc12. The second-order valence-electron chi connectivity index (χ2n) is 7.75. The highest BCUT2D eigenvalue weighted by Crippen LogP contribution is 2.38. The molecule has 1 atom stereocenters. The second-order valence-corrected chi connectivity index (χ2v) is 8.57. The number of ether oxygens (including phenoxy) is 1. The van der Waals surface area contributed by atoms with Gasteiger partial charge >= 0.3 is 0 Å². The smallest absolute Gasteiger partial charge is 0.141 e. The van der Waals surface area contributed by atoms with E-state index in [2.05, 4.69) is 21.0 Å². The molecule has 0 aliphatic rings. The molecule has 0 saturated heterocycles. The van der Waals surface area contributed by atoms with Gasteiger partial charge in [0.25, 0.3) is 0 Å². The lowest BCUT2D eigenvalue weighted by atomic mass is 9.93. The molecule has 5 nitrogen and oxygen atoms in total. The molecule has 0 bridgehead atoms. The predicted molar refractivity (Wildman–Crippen MR) is 129 cm³/mol. The Hall–Kier alpha value is -3.48. The second kappa shape index (κ2) is 8.22. The first-order chi connectivity index (χ1) is 15.6. The van der Waals surface area contributed by atoms with Crippen molar-refractivity contribution in [2.45, 2.75) is 17.4 Å². The zero-order valence-corrected chi connectivity index (χ0v) is 18.6. The predicted octanol–water partition coefficient (Wildman–Crippen LogP) is 6.33. The van der Waals surface area contributed by atoms with E-state index < -0.39 is 5.60 Å². The van der Waals surface area contributed by atoms with Crippen molar-refractivity contribution in [1.29, 1.82) is 0 Å². The number of aromatic nitrogens is 3. The third kappa shape index (κ3) is 3.68. The van der Waals surface area contributed by atoms with Crippen molar-refractivity contribution in [3.05, 3.63) is 96.4 Å². The average Bonchev–Trinajstić information content (AvgIpc) is 3.50. The van der Waals surface area contributed by atoms with Crippen LogP contribution in [0, 0.1) is 0 Å². The Morgan fingerprint density at radius 3 is 2.66 bits per heavy atom. The van der Waals surface area contributed by atoms with Crippen LogP contribution in [0.1, 0.15) is 18.2 Å². The summed E-state index contributed by atoms with van der Waals surface area (Å²) in [5, 5.41) is 12.2. The largest absolute Gasteiger partial charge is 0.456 e. The van der Waals surface area contributed by atoms with Gasteiger partial charge in [0, 0.05) is 22.7 Å². The molecule has 0 aliphatic heterocycles. The van der Waals surface area contributed by atoms with Gasteiger partial charge in [0.05, 0.1) is 16.8 Å². The number of nitrogens with zero attached hydrogens (tertiary/aromatic N) is 1. The molecule has 32 heavy (non-hydrogen) atoms. The van der Waals surface area contributed by atoms with Gasteiger partial charge in [-0.2, -0.15) is 0 Å². The number of nitrogens with one attached hydrogen (secondary N) is 2. The average molecular weight is 442 g/mol. The quantitative estimate of drug-likeness (QED) is 0.269. The Labute approximate surface area is 190 Å². The Bertz CT molecular complexity index is 1370. The molecule has 1 unspecified atom stereocenters. The lowest BCUT2D eigenvalue weighted by Gasteiger charge is -2.22. The summed E-state index contributed by atoms with van der Waals surface area (Å²) in [4.78, 5) is 12.1. The monoisotopic (exact) mass is 441 g/mol. The lowest BCUT2D eigenvalue weighted by molar-refractivity contribution is 0.0979. The molecular weight excluding hydrogens is 418 g/mol. The first kappa shape index (κ1) is 20.4. The molecule has 3 aromatic carbocycles. The molecule has 2 heterocycles. The fourth-order valence-corrected chi connectivity index (χ4v) is 4.55. The number of aromatic amines is 2. The van der Waals surface area contributed by atoms with Gasteiger partial charge in [-0.1, -0.05) is 42.5 Å². The summed E-state index contributed by atoms with van der Waals surface area (Å²) < 4.78 is 6.26. The molecule has 0 fully saturated rings. The molecule has 3 N–H and O–H groups in total. The number of thioether (sulfide) groups is 1. The molecule has 0 radical (unpaired) electrons. The van der Waals surface area contributed by atoms with Crippen molar-refractivity contribution in [1.82, 2.24) is 15.0 Å². The number of hydrogen-bond acceptors (Lipinski definition) is 4. The number of benzene rings is 3. The van der Waals surface area contributed by atoms with Gasteiger partial charge in [-0.25, -0.2) is 4.98 Å². The van der Waals surface area contributed by atoms with E-state index in [9.17, 15) is 5.11 Å². The summed E-state index contributed by atoms with van der Waals surface area (Å²) >= 11 is 1.66. The third-order valence-electron chi connectivity index (χ3n) is 5.62. The summed E-state index contributed by atoms with van der Waals surface area (Å²) in [7, 11) is 0.